The van der Waals surface area contributed by atoms with Crippen LogP contribution in [-0.2, 0) is 11.2 Å². The van der Waals surface area contributed by atoms with Crippen LogP contribution in [0.4, 0.5) is 0 Å². The van der Waals surface area contributed by atoms with E-state index < -0.39 is 21.8 Å². The van der Waals surface area contributed by atoms with Gasteiger partial charge in [0.25, 0.3) is 5.91 Å². The van der Waals surface area contributed by atoms with Gasteiger partial charge in [-0.2, -0.15) is 0 Å². The number of hydrogen-bond acceptors (Lipinski definition) is 3. The molecule has 0 heterocycles. The molecule has 0 aliphatic rings. The van der Waals surface area contributed by atoms with Crippen molar-refractivity contribution in [3.63, 3.8) is 0 Å². The third kappa shape index (κ3) is 2.46. The number of nitrogens with two attached hydrogens (primary N) is 1. The molecule has 5 heteroatoms. The molecule has 0 saturated carbocycles. The summed E-state index contributed by atoms with van der Waals surface area (Å²) in [5, 5.41) is 11.4. The van der Waals surface area contributed by atoms with E-state index in [4.69, 9.17) is 5.73 Å². The third-order valence-electron chi connectivity index (χ3n) is 2.97. The van der Waals surface area contributed by atoms with Crippen molar-refractivity contribution in [3.05, 3.63) is 35.9 Å². The Morgan fingerprint density at radius 1 is 1.30 bits per heavy atom. The lowest BCUT2D eigenvalue weighted by Gasteiger charge is -2.26. The number of fused-ring (bicyclic) bond motifs is 1. The predicted molar refractivity (Wildman–Crippen MR) is 80.3 cm³/mol. The van der Waals surface area contributed by atoms with Gasteiger partial charge < -0.3 is 15.4 Å². The number of phenols is 1. The minimum absolute atomic E-state index is 0.0584. The number of primary amides is 1. The lowest BCUT2D eigenvalue weighted by molar-refractivity contribution is 0.0995. The molecule has 106 valence electrons. The zero-order valence-corrected chi connectivity index (χ0v) is 12.5. The summed E-state index contributed by atoms with van der Waals surface area (Å²) in [7, 11) is 0. The standard InChI is InChI=1S/C15H17NO3S/c1-15(2,3)20(19)13-10-7-5-4-6-9(10)8-11(17)12(13)14(16)18/h4-8,17H,1-3H3,(H2,16,18). The molecule has 0 fully saturated rings. The van der Waals surface area contributed by atoms with Gasteiger partial charge in [-0.1, -0.05) is 18.2 Å². The van der Waals surface area contributed by atoms with Gasteiger partial charge in [0.1, 0.15) is 16.1 Å². The molecule has 2 aromatic carbocycles. The third-order valence-corrected chi connectivity index (χ3v) is 4.88. The van der Waals surface area contributed by atoms with Crippen LogP contribution >= 0.6 is 0 Å². The summed E-state index contributed by atoms with van der Waals surface area (Å²) in [4.78, 5) is 12.0. The molecule has 0 aliphatic carbocycles. The first-order chi connectivity index (χ1) is 9.23. The minimum Gasteiger partial charge on any atom is -0.611 e. The highest BCUT2D eigenvalue weighted by Gasteiger charge is 2.35. The fourth-order valence-electron chi connectivity index (χ4n) is 2.04. The van der Waals surface area contributed by atoms with Crippen molar-refractivity contribution in [3.8, 4) is 5.75 Å². The number of carbonyl (C=O) groups excluding carboxylic acids is 1. The molecule has 0 radical (unpaired) electrons. The summed E-state index contributed by atoms with van der Waals surface area (Å²) in [6, 6.07) is 8.66. The molecule has 2 rings (SSSR count). The van der Waals surface area contributed by atoms with E-state index in [9.17, 15) is 14.5 Å². The van der Waals surface area contributed by atoms with Crippen molar-refractivity contribution in [2.75, 3.05) is 0 Å². The number of amides is 1. The summed E-state index contributed by atoms with van der Waals surface area (Å²) in [5.41, 5.74) is 5.30. The number of hydrogen-bond donors (Lipinski definition) is 2. The highest BCUT2D eigenvalue weighted by atomic mass is 32.2. The van der Waals surface area contributed by atoms with Crippen LogP contribution in [-0.4, -0.2) is 20.3 Å². The molecule has 0 spiro atoms. The van der Waals surface area contributed by atoms with E-state index in [-0.39, 0.29) is 11.3 Å². The first kappa shape index (κ1) is 14.7. The summed E-state index contributed by atoms with van der Waals surface area (Å²) < 4.78 is 12.2. The fourth-order valence-corrected chi connectivity index (χ4v) is 3.43. The molecule has 4 nitrogen and oxygen atoms in total. The topological polar surface area (TPSA) is 86.4 Å². The van der Waals surface area contributed by atoms with Crippen molar-refractivity contribution in [2.45, 2.75) is 30.4 Å². The van der Waals surface area contributed by atoms with Crippen molar-refractivity contribution in [2.24, 2.45) is 5.73 Å². The fraction of sp³-hybridized carbons (Fsp3) is 0.267. The highest BCUT2D eigenvalue weighted by Crippen LogP contribution is 2.37. The summed E-state index contributed by atoms with van der Waals surface area (Å²) in [5.74, 6) is -1.01. The van der Waals surface area contributed by atoms with Crippen molar-refractivity contribution in [1.82, 2.24) is 0 Å². The van der Waals surface area contributed by atoms with E-state index in [0.717, 1.165) is 5.39 Å². The van der Waals surface area contributed by atoms with Gasteiger partial charge in [0, 0.05) is 5.39 Å². The van der Waals surface area contributed by atoms with Gasteiger partial charge in [0.05, 0.1) is 0 Å². The Morgan fingerprint density at radius 3 is 2.45 bits per heavy atom. The average molecular weight is 291 g/mol. The van der Waals surface area contributed by atoms with Crippen LogP contribution in [0.3, 0.4) is 0 Å². The Kier molecular flexibility index (Phi) is 3.67. The average Bonchev–Trinajstić information content (AvgIpc) is 2.34. The quantitative estimate of drug-likeness (QED) is 0.834. The normalized spacial score (nSPS) is 13.4. The second-order valence-corrected chi connectivity index (χ2v) is 7.74. The van der Waals surface area contributed by atoms with Crippen LogP contribution in [0.25, 0.3) is 10.8 Å². The maximum Gasteiger partial charge on any atom is 0.257 e. The van der Waals surface area contributed by atoms with Crippen LogP contribution in [0.15, 0.2) is 35.2 Å². The lowest BCUT2D eigenvalue weighted by atomic mass is 10.1. The van der Waals surface area contributed by atoms with E-state index in [1.807, 2.05) is 26.8 Å². The minimum atomic E-state index is -1.48. The first-order valence-electron chi connectivity index (χ1n) is 6.20. The summed E-state index contributed by atoms with van der Waals surface area (Å²) >= 11 is -1.48. The van der Waals surface area contributed by atoms with E-state index in [0.29, 0.717) is 10.3 Å². The Balaban J connectivity index is 2.90. The Bertz CT molecular complexity index is 677. The number of rotatable bonds is 2. The molecule has 0 aliphatic heterocycles. The van der Waals surface area contributed by atoms with Crippen LogP contribution in [0.1, 0.15) is 31.1 Å². The Morgan fingerprint density at radius 2 is 1.90 bits per heavy atom. The second kappa shape index (κ2) is 5.00. The van der Waals surface area contributed by atoms with E-state index >= 15 is 0 Å². The maximum absolute atomic E-state index is 12.7. The molecule has 0 bridgehead atoms. The predicted octanol–water partition coefficient (Wildman–Crippen LogP) is 2.55. The van der Waals surface area contributed by atoms with Crippen LogP contribution in [0.2, 0.25) is 0 Å². The molecule has 2 aromatic rings. The largest absolute Gasteiger partial charge is 0.611 e. The van der Waals surface area contributed by atoms with Gasteiger partial charge in [0.15, 0.2) is 4.90 Å². The van der Waals surface area contributed by atoms with Crippen LogP contribution in [0, 0.1) is 0 Å². The van der Waals surface area contributed by atoms with Gasteiger partial charge in [-0.15, -0.1) is 0 Å². The molecule has 3 N–H and O–H groups in total. The molecular weight excluding hydrogens is 274 g/mol. The van der Waals surface area contributed by atoms with E-state index in [1.165, 1.54) is 6.07 Å². The number of benzene rings is 2. The molecule has 1 amide bonds. The summed E-state index contributed by atoms with van der Waals surface area (Å²) in [6.07, 6.45) is 0. The zero-order valence-electron chi connectivity index (χ0n) is 11.6. The number of aromatic hydroxyl groups is 1. The molecule has 1 atom stereocenters. The molecule has 0 saturated heterocycles. The molecule has 1 unspecified atom stereocenters. The smallest absolute Gasteiger partial charge is 0.257 e. The summed E-state index contributed by atoms with van der Waals surface area (Å²) in [6.45, 7) is 5.44. The van der Waals surface area contributed by atoms with Crippen molar-refractivity contribution in [1.29, 1.82) is 0 Å². The molecule has 0 aromatic heterocycles. The van der Waals surface area contributed by atoms with Gasteiger partial charge >= 0.3 is 0 Å². The van der Waals surface area contributed by atoms with E-state index in [1.54, 1.807) is 18.2 Å². The SMILES string of the molecule is CC(C)(C)[S+]([O-])c1c(C(N)=O)c(O)cc2ccccc12. The Hall–Kier alpha value is -1.72. The van der Waals surface area contributed by atoms with Gasteiger partial charge in [0.2, 0.25) is 0 Å². The van der Waals surface area contributed by atoms with Gasteiger partial charge in [-0.3, -0.25) is 4.79 Å². The molecular formula is C15H17NO3S. The highest BCUT2D eigenvalue weighted by molar-refractivity contribution is 7.93. The van der Waals surface area contributed by atoms with Crippen LogP contribution < -0.4 is 5.73 Å². The maximum atomic E-state index is 12.7. The second-order valence-electron chi connectivity index (χ2n) is 5.57. The van der Waals surface area contributed by atoms with Gasteiger partial charge in [-0.25, -0.2) is 0 Å². The Labute approximate surface area is 120 Å². The zero-order chi connectivity index (χ0) is 15.1. The number of carbonyl (C=O) groups is 1. The monoisotopic (exact) mass is 291 g/mol. The first-order valence-corrected chi connectivity index (χ1v) is 7.35. The molecule has 20 heavy (non-hydrogen) atoms. The van der Waals surface area contributed by atoms with Crippen LogP contribution in [0.5, 0.6) is 5.75 Å². The van der Waals surface area contributed by atoms with Crippen molar-refractivity contribution < 1.29 is 14.5 Å². The van der Waals surface area contributed by atoms with E-state index in [2.05, 4.69) is 0 Å². The van der Waals surface area contributed by atoms with Gasteiger partial charge in [-0.05, 0) is 49.5 Å². The lowest BCUT2D eigenvalue weighted by Crippen LogP contribution is -2.30. The van der Waals surface area contributed by atoms with Crippen molar-refractivity contribution >= 4 is 27.9 Å².